The molecule has 2 N–H and O–H groups in total. The van der Waals surface area contributed by atoms with E-state index in [1.54, 1.807) is 32.0 Å². The standard InChI is InChI=1S/C28H26F3N9O2/c1-14(2)40-11-20(28(29,30)31)38-25(40)18-7-4-15(9-33-18)12-42-26-17-10-34-21(32)8-19(17)37-24(39-26)22-23(16-5-6-16)35-13-36-27(22)41-3/h4,7-11,13-14,16H,5-6,12H2,1-3H3,(H2,32,34). The number of alkyl halides is 3. The Hall–Kier alpha value is -4.88. The first-order valence-corrected chi connectivity index (χ1v) is 13.2. The summed E-state index contributed by atoms with van der Waals surface area (Å²) in [5, 5.41) is 0.542. The number of methoxy groups -OCH3 is 1. The molecule has 1 fully saturated rings. The largest absolute Gasteiger partial charge is 0.480 e. The van der Waals surface area contributed by atoms with E-state index in [1.165, 1.54) is 30.4 Å². The minimum Gasteiger partial charge on any atom is -0.480 e. The third-order valence-corrected chi connectivity index (χ3v) is 6.80. The maximum Gasteiger partial charge on any atom is 0.434 e. The van der Waals surface area contributed by atoms with Crippen molar-refractivity contribution in [2.75, 3.05) is 12.8 Å². The minimum absolute atomic E-state index is 0.0630. The fourth-order valence-electron chi connectivity index (χ4n) is 4.56. The van der Waals surface area contributed by atoms with Gasteiger partial charge in [-0.05, 0) is 32.8 Å². The molecule has 11 nitrogen and oxygen atoms in total. The number of fused-ring (bicyclic) bond motifs is 1. The molecule has 0 bridgehead atoms. The van der Waals surface area contributed by atoms with Crippen LogP contribution in [0.1, 0.15) is 55.6 Å². The van der Waals surface area contributed by atoms with Crippen LogP contribution in [0.15, 0.2) is 43.1 Å². The van der Waals surface area contributed by atoms with Crippen LogP contribution in [0.4, 0.5) is 19.0 Å². The zero-order chi connectivity index (χ0) is 29.6. The molecule has 5 aromatic rings. The molecule has 0 atom stereocenters. The van der Waals surface area contributed by atoms with E-state index in [0.717, 1.165) is 24.7 Å². The molecule has 0 saturated heterocycles. The lowest BCUT2D eigenvalue weighted by Gasteiger charge is -2.14. The van der Waals surface area contributed by atoms with Gasteiger partial charge in [0.1, 0.15) is 30.0 Å². The van der Waals surface area contributed by atoms with Gasteiger partial charge in [-0.15, -0.1) is 0 Å². The molecule has 42 heavy (non-hydrogen) atoms. The molecule has 1 aliphatic carbocycles. The van der Waals surface area contributed by atoms with Crippen molar-refractivity contribution in [2.45, 2.75) is 51.4 Å². The number of hydrogen-bond acceptors (Lipinski definition) is 10. The SMILES string of the molecule is COc1ncnc(C2CC2)c1-c1nc(OCc2ccc(-c3nc(C(F)(F)F)cn3C(C)C)nc2)c2cnc(N)cc2n1. The molecule has 14 heteroatoms. The molecule has 0 spiro atoms. The van der Waals surface area contributed by atoms with Gasteiger partial charge >= 0.3 is 6.18 Å². The van der Waals surface area contributed by atoms with E-state index < -0.39 is 11.9 Å². The number of halogens is 3. The van der Waals surface area contributed by atoms with Gasteiger partial charge in [0.2, 0.25) is 11.8 Å². The average molecular weight is 578 g/mol. The van der Waals surface area contributed by atoms with Crippen molar-refractivity contribution in [1.82, 2.24) is 39.5 Å². The molecule has 0 aromatic carbocycles. The number of rotatable bonds is 8. The van der Waals surface area contributed by atoms with E-state index in [2.05, 4.69) is 24.9 Å². The summed E-state index contributed by atoms with van der Waals surface area (Å²) >= 11 is 0. The van der Waals surface area contributed by atoms with E-state index >= 15 is 0 Å². The quantitative estimate of drug-likeness (QED) is 0.255. The Morgan fingerprint density at radius 1 is 1.02 bits per heavy atom. The average Bonchev–Trinajstić information content (AvgIpc) is 3.71. The van der Waals surface area contributed by atoms with Crippen LogP contribution in [0, 0.1) is 0 Å². The third-order valence-electron chi connectivity index (χ3n) is 6.80. The first kappa shape index (κ1) is 27.3. The number of anilines is 1. The number of aromatic nitrogens is 8. The fourth-order valence-corrected chi connectivity index (χ4v) is 4.56. The van der Waals surface area contributed by atoms with Gasteiger partial charge in [-0.25, -0.2) is 24.9 Å². The molecule has 0 aliphatic heterocycles. The van der Waals surface area contributed by atoms with Gasteiger partial charge in [0.05, 0.1) is 23.7 Å². The Balaban J connectivity index is 1.33. The summed E-state index contributed by atoms with van der Waals surface area (Å²) in [4.78, 5) is 30.5. The van der Waals surface area contributed by atoms with Crippen molar-refractivity contribution in [2.24, 2.45) is 0 Å². The van der Waals surface area contributed by atoms with Gasteiger partial charge in [-0.3, -0.25) is 4.98 Å². The lowest BCUT2D eigenvalue weighted by atomic mass is 10.1. The Morgan fingerprint density at radius 3 is 2.50 bits per heavy atom. The Kier molecular flexibility index (Phi) is 6.83. The number of ether oxygens (including phenoxy) is 2. The zero-order valence-corrected chi connectivity index (χ0v) is 22.9. The van der Waals surface area contributed by atoms with Crippen molar-refractivity contribution in [3.05, 3.63) is 60.1 Å². The highest BCUT2D eigenvalue weighted by molar-refractivity contribution is 5.86. The molecule has 1 aliphatic rings. The first-order chi connectivity index (χ1) is 20.1. The van der Waals surface area contributed by atoms with Gasteiger partial charge in [0.15, 0.2) is 17.3 Å². The van der Waals surface area contributed by atoms with Crippen LogP contribution < -0.4 is 15.2 Å². The van der Waals surface area contributed by atoms with Crippen LogP contribution in [0.2, 0.25) is 0 Å². The second-order valence-corrected chi connectivity index (χ2v) is 10.2. The fraction of sp³-hybridized carbons (Fsp3) is 0.321. The number of hydrogen-bond donors (Lipinski definition) is 1. The summed E-state index contributed by atoms with van der Waals surface area (Å²) in [7, 11) is 1.52. The molecule has 5 heterocycles. The van der Waals surface area contributed by atoms with E-state index in [-0.39, 0.29) is 36.1 Å². The van der Waals surface area contributed by atoms with Gasteiger partial charge < -0.3 is 19.8 Å². The number of nitrogens with zero attached hydrogens (tertiary/aromatic N) is 8. The third kappa shape index (κ3) is 5.27. The van der Waals surface area contributed by atoms with E-state index in [0.29, 0.717) is 39.4 Å². The van der Waals surface area contributed by atoms with Crippen molar-refractivity contribution in [3.8, 4) is 34.7 Å². The first-order valence-electron chi connectivity index (χ1n) is 13.2. The number of nitrogens with two attached hydrogens (primary N) is 1. The van der Waals surface area contributed by atoms with Crippen molar-refractivity contribution < 1.29 is 22.6 Å². The number of pyridine rings is 2. The van der Waals surface area contributed by atoms with E-state index in [9.17, 15) is 13.2 Å². The van der Waals surface area contributed by atoms with Gasteiger partial charge in [0, 0.05) is 42.2 Å². The summed E-state index contributed by atoms with van der Waals surface area (Å²) in [5.41, 5.74) is 7.87. The van der Waals surface area contributed by atoms with Gasteiger partial charge in [0.25, 0.3) is 0 Å². The topological polar surface area (TPSA) is 140 Å². The van der Waals surface area contributed by atoms with Crippen LogP contribution >= 0.6 is 0 Å². The van der Waals surface area contributed by atoms with Crippen molar-refractivity contribution >= 4 is 16.7 Å². The lowest BCUT2D eigenvalue weighted by molar-refractivity contribution is -0.140. The molecular formula is C28H26F3N9O2. The molecule has 0 amide bonds. The molecule has 0 unspecified atom stereocenters. The Bertz CT molecular complexity index is 1770. The van der Waals surface area contributed by atoms with Crippen LogP contribution in [0.25, 0.3) is 33.8 Å². The molecule has 216 valence electrons. The second-order valence-electron chi connectivity index (χ2n) is 10.2. The second kappa shape index (κ2) is 10.5. The van der Waals surface area contributed by atoms with Gasteiger partial charge in [-0.1, -0.05) is 6.07 Å². The summed E-state index contributed by atoms with van der Waals surface area (Å²) in [6, 6.07) is 4.71. The van der Waals surface area contributed by atoms with Crippen LogP contribution in [-0.4, -0.2) is 46.6 Å². The smallest absolute Gasteiger partial charge is 0.434 e. The molecule has 0 radical (unpaired) electrons. The normalized spacial score (nSPS) is 13.6. The summed E-state index contributed by atoms with van der Waals surface area (Å²) < 4.78 is 53.1. The maximum absolute atomic E-state index is 13.3. The maximum atomic E-state index is 13.3. The predicted molar refractivity (Wildman–Crippen MR) is 146 cm³/mol. The molecule has 5 aromatic heterocycles. The molecular weight excluding hydrogens is 551 g/mol. The van der Waals surface area contributed by atoms with Gasteiger partial charge in [-0.2, -0.15) is 18.2 Å². The van der Waals surface area contributed by atoms with Crippen molar-refractivity contribution in [3.63, 3.8) is 0 Å². The Morgan fingerprint density at radius 2 is 1.83 bits per heavy atom. The molecule has 1 saturated carbocycles. The zero-order valence-electron chi connectivity index (χ0n) is 22.9. The number of nitrogen functional groups attached to an aromatic ring is 1. The summed E-state index contributed by atoms with van der Waals surface area (Å²) in [5.74, 6) is 1.62. The summed E-state index contributed by atoms with van der Waals surface area (Å²) in [6.07, 6.45) is 2.97. The highest BCUT2D eigenvalue weighted by atomic mass is 19.4. The van der Waals surface area contributed by atoms with Crippen LogP contribution in [-0.2, 0) is 12.8 Å². The molecule has 6 rings (SSSR count). The predicted octanol–water partition coefficient (Wildman–Crippen LogP) is 5.39. The lowest BCUT2D eigenvalue weighted by Crippen LogP contribution is -2.06. The van der Waals surface area contributed by atoms with Crippen LogP contribution in [0.5, 0.6) is 11.8 Å². The van der Waals surface area contributed by atoms with E-state index in [1.807, 2.05) is 0 Å². The number of imidazole rings is 1. The highest BCUT2D eigenvalue weighted by Gasteiger charge is 2.35. The van der Waals surface area contributed by atoms with Crippen LogP contribution in [0.3, 0.4) is 0 Å². The monoisotopic (exact) mass is 577 g/mol. The van der Waals surface area contributed by atoms with E-state index in [4.69, 9.17) is 25.2 Å². The highest BCUT2D eigenvalue weighted by Crippen LogP contribution is 2.45. The van der Waals surface area contributed by atoms with Crippen molar-refractivity contribution in [1.29, 1.82) is 0 Å². The summed E-state index contributed by atoms with van der Waals surface area (Å²) in [6.45, 7) is 3.62. The minimum atomic E-state index is -4.56. The Labute approximate surface area is 238 Å².